The number of hydrogen-bond donors (Lipinski definition) is 3. The van der Waals surface area contributed by atoms with E-state index in [1.807, 2.05) is 0 Å². The number of benzene rings is 1. The van der Waals surface area contributed by atoms with Crippen molar-refractivity contribution >= 4 is 22.8 Å². The molecule has 0 unspecified atom stereocenters. The number of guanidine groups is 1. The lowest BCUT2D eigenvalue weighted by Crippen LogP contribution is -2.41. The zero-order chi connectivity index (χ0) is 18.9. The Labute approximate surface area is 158 Å². The standard InChI is InChI=1S/C20H25N5O2/c1-21-20(24-12-11-22-19(26)18-8-4-15-27-18)23-10-5-13-25-14-9-16-6-2-3-7-17(16)25/h2-4,6-9,14-15H,5,10-13H2,1H3,(H,22,26)(H2,21,23,24). The number of para-hydroxylation sites is 1. The van der Waals surface area contributed by atoms with E-state index in [9.17, 15) is 4.79 Å². The van der Waals surface area contributed by atoms with E-state index in [1.165, 1.54) is 17.2 Å². The summed E-state index contributed by atoms with van der Waals surface area (Å²) in [6.07, 6.45) is 4.59. The predicted octanol–water partition coefficient (Wildman–Crippen LogP) is 2.22. The number of nitrogens with one attached hydrogen (secondary N) is 3. The summed E-state index contributed by atoms with van der Waals surface area (Å²) >= 11 is 0. The van der Waals surface area contributed by atoms with E-state index < -0.39 is 0 Å². The fraction of sp³-hybridized carbons (Fsp3) is 0.300. The molecule has 0 atom stereocenters. The van der Waals surface area contributed by atoms with E-state index in [-0.39, 0.29) is 5.91 Å². The second kappa shape index (κ2) is 9.47. The maximum absolute atomic E-state index is 11.8. The zero-order valence-corrected chi connectivity index (χ0v) is 15.4. The van der Waals surface area contributed by atoms with Crippen LogP contribution in [0, 0.1) is 0 Å². The van der Waals surface area contributed by atoms with Crippen molar-refractivity contribution in [2.24, 2.45) is 4.99 Å². The molecule has 0 bridgehead atoms. The lowest BCUT2D eigenvalue weighted by Gasteiger charge is -2.12. The molecule has 0 saturated heterocycles. The highest BCUT2D eigenvalue weighted by Crippen LogP contribution is 2.15. The highest BCUT2D eigenvalue weighted by molar-refractivity contribution is 5.91. The van der Waals surface area contributed by atoms with E-state index in [0.717, 1.165) is 25.5 Å². The van der Waals surface area contributed by atoms with Gasteiger partial charge in [-0.15, -0.1) is 0 Å². The van der Waals surface area contributed by atoms with Crippen molar-refractivity contribution in [1.82, 2.24) is 20.5 Å². The van der Waals surface area contributed by atoms with Gasteiger partial charge in [0.15, 0.2) is 11.7 Å². The van der Waals surface area contributed by atoms with Crippen LogP contribution in [0.4, 0.5) is 0 Å². The van der Waals surface area contributed by atoms with E-state index in [0.29, 0.717) is 18.8 Å². The number of aliphatic imine (C=N–C) groups is 1. The number of fused-ring (bicyclic) bond motifs is 1. The van der Waals surface area contributed by atoms with Gasteiger partial charge in [0.05, 0.1) is 6.26 Å². The first kappa shape index (κ1) is 18.6. The second-order valence-electron chi connectivity index (χ2n) is 6.08. The Morgan fingerprint density at radius 1 is 1.04 bits per heavy atom. The molecule has 1 aromatic carbocycles. The third-order valence-electron chi connectivity index (χ3n) is 4.22. The molecule has 0 aliphatic rings. The SMILES string of the molecule is CN=C(NCCCn1ccc2ccccc21)NCCNC(=O)c1ccco1. The minimum absolute atomic E-state index is 0.219. The van der Waals surface area contributed by atoms with Gasteiger partial charge in [0.25, 0.3) is 5.91 Å². The average Bonchev–Trinajstić information content (AvgIpc) is 3.37. The van der Waals surface area contributed by atoms with Crippen molar-refractivity contribution in [2.75, 3.05) is 26.7 Å². The van der Waals surface area contributed by atoms with Crippen molar-refractivity contribution in [2.45, 2.75) is 13.0 Å². The highest BCUT2D eigenvalue weighted by Gasteiger charge is 2.07. The lowest BCUT2D eigenvalue weighted by molar-refractivity contribution is 0.0926. The van der Waals surface area contributed by atoms with Crippen molar-refractivity contribution in [1.29, 1.82) is 0 Å². The molecule has 7 nitrogen and oxygen atoms in total. The van der Waals surface area contributed by atoms with Crippen LogP contribution in [0.3, 0.4) is 0 Å². The molecule has 7 heteroatoms. The number of aryl methyl sites for hydroxylation is 1. The van der Waals surface area contributed by atoms with Gasteiger partial charge in [-0.3, -0.25) is 9.79 Å². The monoisotopic (exact) mass is 367 g/mol. The summed E-state index contributed by atoms with van der Waals surface area (Å²) < 4.78 is 7.31. The molecule has 0 spiro atoms. The number of rotatable bonds is 8. The largest absolute Gasteiger partial charge is 0.459 e. The molecule has 0 aliphatic carbocycles. The second-order valence-corrected chi connectivity index (χ2v) is 6.08. The molecule has 0 aliphatic heterocycles. The van der Waals surface area contributed by atoms with Crippen LogP contribution >= 0.6 is 0 Å². The van der Waals surface area contributed by atoms with Gasteiger partial charge in [0.1, 0.15) is 0 Å². The van der Waals surface area contributed by atoms with Crippen LogP contribution in [-0.4, -0.2) is 43.1 Å². The van der Waals surface area contributed by atoms with E-state index in [1.54, 1.807) is 19.2 Å². The quantitative estimate of drug-likeness (QED) is 0.324. The van der Waals surface area contributed by atoms with Crippen LogP contribution in [0.25, 0.3) is 10.9 Å². The molecule has 2 heterocycles. The summed E-state index contributed by atoms with van der Waals surface area (Å²) in [7, 11) is 1.73. The molecule has 142 valence electrons. The third kappa shape index (κ3) is 5.13. The van der Waals surface area contributed by atoms with E-state index in [4.69, 9.17) is 4.42 Å². The van der Waals surface area contributed by atoms with Gasteiger partial charge in [-0.05, 0) is 36.1 Å². The Morgan fingerprint density at radius 3 is 2.67 bits per heavy atom. The minimum Gasteiger partial charge on any atom is -0.459 e. The summed E-state index contributed by atoms with van der Waals surface area (Å²) in [5.41, 5.74) is 1.26. The van der Waals surface area contributed by atoms with Gasteiger partial charge in [-0.25, -0.2) is 0 Å². The van der Waals surface area contributed by atoms with Gasteiger partial charge in [-0.1, -0.05) is 18.2 Å². The first-order valence-electron chi connectivity index (χ1n) is 9.08. The Morgan fingerprint density at radius 2 is 1.85 bits per heavy atom. The lowest BCUT2D eigenvalue weighted by atomic mass is 10.2. The van der Waals surface area contributed by atoms with Gasteiger partial charge < -0.3 is 24.9 Å². The van der Waals surface area contributed by atoms with Crippen molar-refractivity contribution < 1.29 is 9.21 Å². The summed E-state index contributed by atoms with van der Waals surface area (Å²) in [5.74, 6) is 0.818. The van der Waals surface area contributed by atoms with E-state index in [2.05, 4.69) is 62.0 Å². The maximum atomic E-state index is 11.8. The fourth-order valence-corrected chi connectivity index (χ4v) is 2.86. The van der Waals surface area contributed by atoms with Crippen molar-refractivity contribution in [3.05, 3.63) is 60.7 Å². The van der Waals surface area contributed by atoms with Gasteiger partial charge >= 0.3 is 0 Å². The third-order valence-corrected chi connectivity index (χ3v) is 4.22. The minimum atomic E-state index is -0.219. The Kier molecular flexibility index (Phi) is 6.51. The van der Waals surface area contributed by atoms with Crippen LogP contribution in [0.15, 0.2) is 64.3 Å². The highest BCUT2D eigenvalue weighted by atomic mass is 16.3. The molecule has 3 rings (SSSR count). The predicted molar refractivity (Wildman–Crippen MR) is 107 cm³/mol. The summed E-state index contributed by atoms with van der Waals surface area (Å²) in [5, 5.41) is 10.5. The maximum Gasteiger partial charge on any atom is 0.287 e. The molecular formula is C20H25N5O2. The summed E-state index contributed by atoms with van der Waals surface area (Å²) in [6.45, 7) is 2.81. The molecule has 2 aromatic heterocycles. The van der Waals surface area contributed by atoms with Crippen LogP contribution in [0.5, 0.6) is 0 Å². The molecule has 0 saturated carbocycles. The molecular weight excluding hydrogens is 342 g/mol. The molecule has 0 radical (unpaired) electrons. The van der Waals surface area contributed by atoms with Crippen molar-refractivity contribution in [3.63, 3.8) is 0 Å². The van der Waals surface area contributed by atoms with Gasteiger partial charge in [0, 0.05) is 44.9 Å². The number of amides is 1. The summed E-state index contributed by atoms with van der Waals surface area (Å²) in [6, 6.07) is 13.8. The fourth-order valence-electron chi connectivity index (χ4n) is 2.86. The molecule has 3 N–H and O–H groups in total. The Hall–Kier alpha value is -3.22. The van der Waals surface area contributed by atoms with Crippen LogP contribution in [-0.2, 0) is 6.54 Å². The molecule has 1 amide bonds. The van der Waals surface area contributed by atoms with Crippen LogP contribution in [0.2, 0.25) is 0 Å². The average molecular weight is 367 g/mol. The first-order valence-corrected chi connectivity index (χ1v) is 9.08. The van der Waals surface area contributed by atoms with Crippen LogP contribution < -0.4 is 16.0 Å². The number of carbonyl (C=O) groups is 1. The summed E-state index contributed by atoms with van der Waals surface area (Å²) in [4.78, 5) is 16.0. The topological polar surface area (TPSA) is 83.6 Å². The number of furan rings is 1. The number of nitrogens with zero attached hydrogens (tertiary/aromatic N) is 2. The van der Waals surface area contributed by atoms with E-state index >= 15 is 0 Å². The number of aromatic nitrogens is 1. The Bertz CT molecular complexity index is 883. The van der Waals surface area contributed by atoms with Gasteiger partial charge in [0.2, 0.25) is 0 Å². The van der Waals surface area contributed by atoms with Crippen LogP contribution in [0.1, 0.15) is 17.0 Å². The number of carbonyl (C=O) groups excluding carboxylic acids is 1. The van der Waals surface area contributed by atoms with Crippen molar-refractivity contribution in [3.8, 4) is 0 Å². The molecule has 0 fully saturated rings. The first-order chi connectivity index (χ1) is 13.3. The normalized spacial score (nSPS) is 11.5. The smallest absolute Gasteiger partial charge is 0.287 e. The molecule has 3 aromatic rings. The Balaban J connectivity index is 1.33. The number of hydrogen-bond acceptors (Lipinski definition) is 3. The zero-order valence-electron chi connectivity index (χ0n) is 15.4. The van der Waals surface area contributed by atoms with Gasteiger partial charge in [-0.2, -0.15) is 0 Å². The molecule has 27 heavy (non-hydrogen) atoms.